The summed E-state index contributed by atoms with van der Waals surface area (Å²) in [6, 6.07) is 7.89. The normalized spacial score (nSPS) is 14.3. The molecule has 0 radical (unpaired) electrons. The Bertz CT molecular complexity index is 822. The molecule has 25 heavy (non-hydrogen) atoms. The summed E-state index contributed by atoms with van der Waals surface area (Å²) in [7, 11) is 0. The van der Waals surface area contributed by atoms with Gasteiger partial charge in [0.1, 0.15) is 0 Å². The van der Waals surface area contributed by atoms with Crippen LogP contribution in [-0.4, -0.2) is 35.9 Å². The van der Waals surface area contributed by atoms with E-state index in [1.165, 1.54) is 5.56 Å². The topological polar surface area (TPSA) is 62.4 Å². The van der Waals surface area contributed by atoms with Gasteiger partial charge in [-0.3, -0.25) is 4.79 Å². The number of fused-ring (bicyclic) bond motifs is 1. The first kappa shape index (κ1) is 17.3. The Labute approximate surface area is 148 Å². The molecule has 0 spiro atoms. The predicted molar refractivity (Wildman–Crippen MR) is 97.5 cm³/mol. The Morgan fingerprint density at radius 1 is 1.28 bits per heavy atom. The van der Waals surface area contributed by atoms with E-state index in [2.05, 4.69) is 22.0 Å². The number of ketones is 1. The second-order valence-electron chi connectivity index (χ2n) is 6.46. The zero-order valence-corrected chi connectivity index (χ0v) is 15.2. The van der Waals surface area contributed by atoms with Gasteiger partial charge < -0.3 is 14.6 Å². The first-order valence-electron chi connectivity index (χ1n) is 8.70. The third-order valence-electron chi connectivity index (χ3n) is 4.93. The molecule has 2 aromatic rings. The lowest BCUT2D eigenvalue weighted by Crippen LogP contribution is -2.38. The first-order chi connectivity index (χ1) is 12.0. The monoisotopic (exact) mass is 340 g/mol. The molecule has 5 heteroatoms. The smallest absolute Gasteiger partial charge is 0.340 e. The van der Waals surface area contributed by atoms with E-state index in [0.29, 0.717) is 29.1 Å². The van der Waals surface area contributed by atoms with Crippen LogP contribution < -0.4 is 4.90 Å². The number of anilines is 1. The third-order valence-corrected chi connectivity index (χ3v) is 4.93. The molecule has 0 amide bonds. The average molecular weight is 340 g/mol. The molecule has 2 heterocycles. The van der Waals surface area contributed by atoms with E-state index >= 15 is 0 Å². The van der Waals surface area contributed by atoms with E-state index < -0.39 is 0 Å². The highest BCUT2D eigenvalue weighted by Crippen LogP contribution is 2.31. The number of H-pyrrole nitrogens is 1. The number of aromatic amines is 1. The fourth-order valence-corrected chi connectivity index (χ4v) is 3.62. The van der Waals surface area contributed by atoms with Crippen LogP contribution >= 0.6 is 0 Å². The molecule has 1 aromatic carbocycles. The van der Waals surface area contributed by atoms with Gasteiger partial charge in [0.05, 0.1) is 23.9 Å². The molecule has 1 aliphatic rings. The molecule has 0 aliphatic carbocycles. The molecule has 1 atom stereocenters. The third kappa shape index (κ3) is 2.95. The summed E-state index contributed by atoms with van der Waals surface area (Å²) in [5.74, 6) is -0.389. The van der Waals surface area contributed by atoms with E-state index in [9.17, 15) is 9.59 Å². The number of rotatable bonds is 5. The Balaban J connectivity index is 1.89. The summed E-state index contributed by atoms with van der Waals surface area (Å²) in [5, 5.41) is 0. The molecule has 0 saturated heterocycles. The highest BCUT2D eigenvalue weighted by Gasteiger charge is 2.31. The second kappa shape index (κ2) is 6.75. The summed E-state index contributed by atoms with van der Waals surface area (Å²) >= 11 is 0. The number of carbonyl (C=O) groups is 2. The summed E-state index contributed by atoms with van der Waals surface area (Å²) < 4.78 is 5.11. The minimum atomic E-state index is -0.382. The van der Waals surface area contributed by atoms with Crippen LogP contribution in [0.15, 0.2) is 24.3 Å². The van der Waals surface area contributed by atoms with Crippen molar-refractivity contribution >= 4 is 17.4 Å². The molecule has 1 N–H and O–H groups in total. The molecular weight excluding hydrogens is 316 g/mol. The number of aromatic nitrogens is 1. The van der Waals surface area contributed by atoms with Crippen molar-refractivity contribution in [3.8, 4) is 0 Å². The molecule has 5 nitrogen and oxygen atoms in total. The highest BCUT2D eigenvalue weighted by atomic mass is 16.5. The fourth-order valence-electron chi connectivity index (χ4n) is 3.62. The molecule has 0 saturated carbocycles. The van der Waals surface area contributed by atoms with Gasteiger partial charge in [-0.15, -0.1) is 0 Å². The Morgan fingerprint density at radius 2 is 2.00 bits per heavy atom. The van der Waals surface area contributed by atoms with Crippen molar-refractivity contribution in [3.05, 3.63) is 52.3 Å². The Morgan fingerprint density at radius 3 is 2.72 bits per heavy atom. The van der Waals surface area contributed by atoms with Gasteiger partial charge in [-0.1, -0.05) is 18.2 Å². The van der Waals surface area contributed by atoms with Gasteiger partial charge in [0.2, 0.25) is 5.78 Å². The number of carbonyl (C=O) groups excluding carboxylic acids is 2. The SMILES string of the molecule is CCOC(=O)c1c(C)[nH]c(C(=O)C(C)N2CCc3ccccc32)c1C. The number of para-hydroxylation sites is 1. The van der Waals surface area contributed by atoms with Gasteiger partial charge in [0.25, 0.3) is 0 Å². The lowest BCUT2D eigenvalue weighted by Gasteiger charge is -2.26. The van der Waals surface area contributed by atoms with Crippen molar-refractivity contribution in [2.24, 2.45) is 0 Å². The minimum absolute atomic E-state index is 0.00662. The maximum atomic E-state index is 13.1. The molecule has 1 unspecified atom stereocenters. The first-order valence-corrected chi connectivity index (χ1v) is 8.70. The molecular formula is C20H24N2O3. The Kier molecular flexibility index (Phi) is 4.66. The van der Waals surface area contributed by atoms with Crippen LogP contribution in [0.5, 0.6) is 0 Å². The van der Waals surface area contributed by atoms with Crippen LogP contribution in [0.3, 0.4) is 0 Å². The zero-order chi connectivity index (χ0) is 18.1. The van der Waals surface area contributed by atoms with Gasteiger partial charge in [0, 0.05) is 17.9 Å². The maximum absolute atomic E-state index is 13.1. The van der Waals surface area contributed by atoms with Crippen LogP contribution in [0, 0.1) is 13.8 Å². The number of esters is 1. The van der Waals surface area contributed by atoms with Crippen molar-refractivity contribution in [2.45, 2.75) is 40.2 Å². The standard InChI is InChI=1S/C20H24N2O3/c1-5-25-20(24)17-12(2)18(21-13(17)3)19(23)14(4)22-11-10-15-8-6-7-9-16(15)22/h6-9,14,21H,5,10-11H2,1-4H3. The van der Waals surface area contributed by atoms with Crippen molar-refractivity contribution in [1.29, 1.82) is 0 Å². The summed E-state index contributed by atoms with van der Waals surface area (Å²) in [6.07, 6.45) is 0.949. The summed E-state index contributed by atoms with van der Waals surface area (Å²) in [4.78, 5) is 30.5. The van der Waals surface area contributed by atoms with Crippen LogP contribution in [0.1, 0.15) is 51.5 Å². The molecule has 0 bridgehead atoms. The van der Waals surface area contributed by atoms with Gasteiger partial charge in [-0.2, -0.15) is 0 Å². The lowest BCUT2D eigenvalue weighted by molar-refractivity contribution is 0.0525. The lowest BCUT2D eigenvalue weighted by atomic mass is 10.0. The summed E-state index contributed by atoms with van der Waals surface area (Å²) in [6.45, 7) is 8.43. The largest absolute Gasteiger partial charge is 0.462 e. The minimum Gasteiger partial charge on any atom is -0.462 e. The number of aryl methyl sites for hydroxylation is 1. The maximum Gasteiger partial charge on any atom is 0.340 e. The van der Waals surface area contributed by atoms with Crippen LogP contribution in [0.25, 0.3) is 0 Å². The highest BCUT2D eigenvalue weighted by molar-refractivity contribution is 6.05. The van der Waals surface area contributed by atoms with E-state index in [-0.39, 0.29) is 17.8 Å². The zero-order valence-electron chi connectivity index (χ0n) is 15.2. The number of Topliss-reactive ketones (excluding diaryl/α,β-unsaturated/α-hetero) is 1. The van der Waals surface area contributed by atoms with E-state index in [0.717, 1.165) is 18.7 Å². The van der Waals surface area contributed by atoms with Crippen LogP contribution in [0.4, 0.5) is 5.69 Å². The molecule has 132 valence electrons. The van der Waals surface area contributed by atoms with Crippen LogP contribution in [-0.2, 0) is 11.2 Å². The Hall–Kier alpha value is -2.56. The number of nitrogens with zero attached hydrogens (tertiary/aromatic N) is 1. The van der Waals surface area contributed by atoms with Gasteiger partial charge in [-0.05, 0) is 51.3 Å². The van der Waals surface area contributed by atoms with Gasteiger partial charge in [-0.25, -0.2) is 4.79 Å². The van der Waals surface area contributed by atoms with Crippen molar-refractivity contribution < 1.29 is 14.3 Å². The molecule has 0 fully saturated rings. The van der Waals surface area contributed by atoms with Gasteiger partial charge in [0.15, 0.2) is 0 Å². The number of hydrogen-bond acceptors (Lipinski definition) is 4. The quantitative estimate of drug-likeness (QED) is 0.669. The number of ether oxygens (including phenoxy) is 1. The number of hydrogen-bond donors (Lipinski definition) is 1. The summed E-state index contributed by atoms with van der Waals surface area (Å²) in [5.41, 5.74) is 4.70. The predicted octanol–water partition coefficient (Wildman–Crippen LogP) is 3.44. The number of benzene rings is 1. The van der Waals surface area contributed by atoms with Crippen molar-refractivity contribution in [3.63, 3.8) is 0 Å². The van der Waals surface area contributed by atoms with Crippen LogP contribution in [0.2, 0.25) is 0 Å². The van der Waals surface area contributed by atoms with Gasteiger partial charge >= 0.3 is 5.97 Å². The van der Waals surface area contributed by atoms with Crippen molar-refractivity contribution in [1.82, 2.24) is 4.98 Å². The van der Waals surface area contributed by atoms with E-state index in [1.54, 1.807) is 20.8 Å². The second-order valence-corrected chi connectivity index (χ2v) is 6.46. The number of nitrogens with one attached hydrogen (secondary N) is 1. The molecule has 1 aromatic heterocycles. The molecule has 1 aliphatic heterocycles. The van der Waals surface area contributed by atoms with E-state index in [4.69, 9.17) is 4.74 Å². The van der Waals surface area contributed by atoms with Crippen molar-refractivity contribution in [2.75, 3.05) is 18.1 Å². The average Bonchev–Trinajstić information content (AvgIpc) is 3.14. The fraction of sp³-hybridized carbons (Fsp3) is 0.400. The molecule has 3 rings (SSSR count). The van der Waals surface area contributed by atoms with E-state index in [1.807, 2.05) is 19.1 Å².